The van der Waals surface area contributed by atoms with E-state index in [1.54, 1.807) is 43.2 Å². The molecule has 0 saturated heterocycles. The number of hydrogen-bond donors (Lipinski definition) is 0. The van der Waals surface area contributed by atoms with E-state index in [0.29, 0.717) is 0 Å². The smallest absolute Gasteiger partial charge is 0.0184 e. The lowest BCUT2D eigenvalue weighted by molar-refractivity contribution is 0.161. The molecule has 310 valence electrons. The van der Waals surface area contributed by atoms with Gasteiger partial charge in [0.25, 0.3) is 0 Å². The second-order valence-corrected chi connectivity index (χ2v) is 19.2. The second kappa shape index (κ2) is 24.0. The van der Waals surface area contributed by atoms with Crippen LogP contribution in [0.15, 0.2) is 121 Å². The molecule has 0 radical (unpaired) electrons. The van der Waals surface area contributed by atoms with Crippen LogP contribution in [0.4, 0.5) is 0 Å². The first-order valence-electron chi connectivity index (χ1n) is 24.7. The number of fused-ring (bicyclic) bond motifs is 6. The molecule has 0 bridgehead atoms. The molecule has 0 aromatic heterocycles. The molecule has 3 saturated carbocycles. The molecule has 4 aliphatic carbocycles. The summed E-state index contributed by atoms with van der Waals surface area (Å²) < 4.78 is 0. The molecule has 0 spiro atoms. The van der Waals surface area contributed by atoms with Crippen molar-refractivity contribution in [1.82, 2.24) is 0 Å². The van der Waals surface area contributed by atoms with Gasteiger partial charge in [-0.05, 0) is 100 Å². The lowest BCUT2D eigenvalue weighted by Gasteiger charge is -2.35. The van der Waals surface area contributed by atoms with Crippen LogP contribution in [0.3, 0.4) is 0 Å². The van der Waals surface area contributed by atoms with E-state index in [4.69, 9.17) is 0 Å². The van der Waals surface area contributed by atoms with Crippen molar-refractivity contribution in [3.05, 3.63) is 132 Å². The summed E-state index contributed by atoms with van der Waals surface area (Å²) in [6, 6.07) is 44.7. The highest BCUT2D eigenvalue weighted by Crippen LogP contribution is 2.42. The van der Waals surface area contributed by atoms with Gasteiger partial charge < -0.3 is 0 Å². The minimum absolute atomic E-state index is 0.928. The molecule has 6 atom stereocenters. The molecule has 0 N–H and O–H groups in total. The molecule has 0 amide bonds. The first-order valence-corrected chi connectivity index (χ1v) is 24.7. The Balaban J connectivity index is 1.05. The number of aryl methyl sites for hydroxylation is 2. The summed E-state index contributed by atoms with van der Waals surface area (Å²) in [6.07, 6.45) is 38.2. The summed E-state index contributed by atoms with van der Waals surface area (Å²) >= 11 is 0. The van der Waals surface area contributed by atoms with Gasteiger partial charge in [0.15, 0.2) is 0 Å². The maximum absolute atomic E-state index is 2.47. The molecule has 3 aromatic carbocycles. The summed E-state index contributed by atoms with van der Waals surface area (Å²) in [5.41, 5.74) is 3.14. The average molecular weight is 775 g/mol. The molecule has 0 aliphatic heterocycles. The zero-order valence-corrected chi connectivity index (χ0v) is 36.4. The number of rotatable bonds is 0. The van der Waals surface area contributed by atoms with E-state index in [0.717, 1.165) is 35.5 Å². The Morgan fingerprint density at radius 3 is 0.862 bits per heavy atom. The SMILES string of the molecule is c1ccccc2cccc3cccc4c(cccc3cccc2ccc1)CCCCC1CCCC2CCCC3CCCCCCCC3CCCC2CCCC1CCC4. The van der Waals surface area contributed by atoms with Gasteiger partial charge in [-0.2, -0.15) is 0 Å². The minimum atomic E-state index is 0.928. The van der Waals surface area contributed by atoms with Gasteiger partial charge in [-0.3, -0.25) is 0 Å². The predicted octanol–water partition coefficient (Wildman–Crippen LogP) is 17.6. The third-order valence-corrected chi connectivity index (χ3v) is 15.5. The zero-order chi connectivity index (χ0) is 39.5. The van der Waals surface area contributed by atoms with E-state index in [9.17, 15) is 0 Å². The van der Waals surface area contributed by atoms with Crippen LogP contribution in [-0.4, -0.2) is 0 Å². The maximum atomic E-state index is 2.47. The Bertz CT molecular complexity index is 1870. The van der Waals surface area contributed by atoms with Crippen molar-refractivity contribution < 1.29 is 0 Å². The van der Waals surface area contributed by atoms with Gasteiger partial charge >= 0.3 is 0 Å². The van der Waals surface area contributed by atoms with Crippen LogP contribution >= 0.6 is 0 Å². The van der Waals surface area contributed by atoms with Crippen molar-refractivity contribution in [2.45, 2.75) is 167 Å². The first-order chi connectivity index (χ1) is 28.8. The summed E-state index contributed by atoms with van der Waals surface area (Å²) in [4.78, 5) is 0. The fourth-order valence-corrected chi connectivity index (χ4v) is 12.2. The third kappa shape index (κ3) is 13.3. The largest absolute Gasteiger partial charge is 0.0623 e. The van der Waals surface area contributed by atoms with Gasteiger partial charge in [-0.15, -0.1) is 0 Å². The van der Waals surface area contributed by atoms with E-state index < -0.39 is 0 Å². The molecule has 0 nitrogen and oxygen atoms in total. The van der Waals surface area contributed by atoms with Crippen LogP contribution in [0.2, 0.25) is 0 Å². The van der Waals surface area contributed by atoms with Crippen molar-refractivity contribution in [3.63, 3.8) is 0 Å². The van der Waals surface area contributed by atoms with Crippen molar-refractivity contribution in [1.29, 1.82) is 0 Å². The predicted molar refractivity (Wildman–Crippen MR) is 253 cm³/mol. The van der Waals surface area contributed by atoms with Gasteiger partial charge in [-0.1, -0.05) is 256 Å². The normalized spacial score (nSPS) is 26.6. The van der Waals surface area contributed by atoms with Crippen molar-refractivity contribution >= 4 is 21.5 Å². The van der Waals surface area contributed by atoms with Crippen LogP contribution in [0.1, 0.15) is 165 Å². The molecule has 4 aliphatic rings. The van der Waals surface area contributed by atoms with Crippen LogP contribution in [-0.2, 0) is 12.8 Å². The van der Waals surface area contributed by atoms with Crippen LogP contribution in [0.25, 0.3) is 21.5 Å². The number of hydrogen-bond acceptors (Lipinski definition) is 0. The summed E-state index contributed by atoms with van der Waals surface area (Å²) in [5, 5.41) is 4.90. The fraction of sp³-hybridized carbons (Fsp3) is 0.552. The Morgan fingerprint density at radius 2 is 0.466 bits per heavy atom. The van der Waals surface area contributed by atoms with Gasteiger partial charge in [0.05, 0.1) is 0 Å². The summed E-state index contributed by atoms with van der Waals surface area (Å²) in [5.74, 6) is 5.98. The zero-order valence-electron chi connectivity index (χ0n) is 36.4. The molecular formula is C58H78. The lowest BCUT2D eigenvalue weighted by atomic mass is 9.70. The summed E-state index contributed by atoms with van der Waals surface area (Å²) in [7, 11) is 0. The Hall–Kier alpha value is -3.38. The second-order valence-electron chi connectivity index (χ2n) is 19.2. The summed E-state index contributed by atoms with van der Waals surface area (Å²) in [6.45, 7) is 0. The van der Waals surface area contributed by atoms with Crippen LogP contribution in [0, 0.1) is 35.5 Å². The minimum Gasteiger partial charge on any atom is -0.0623 e. The standard InChI is InChI=1S/C58H78/c1-2-5-9-24-48-30-15-41-57-45-21-37-53-35-20-36-54-38-22-46-58-42-17-32-50-26-11-7-3-6-10-25-49(50)31-16-40-56(58)44-19-34-52(54)28-13-12-27-51(53)33-18-43-55(57)39-14-29-47(48)23-8-4-1/h1-2,4-5,8-9,14-15,18,21,23-24,29-30,33,37,39,41,43,45,49-50,52,54,56,58H,3,6-7,10-13,16-17,19-20,22,25-28,31-32,34-36,38,40,42,44,46H2. The molecule has 0 heterocycles. The molecule has 3 aromatic rings. The quantitative estimate of drug-likeness (QED) is 0.213. The molecular weight excluding hydrogens is 697 g/mol. The Morgan fingerprint density at radius 1 is 0.207 bits per heavy atom. The molecule has 58 heavy (non-hydrogen) atoms. The van der Waals surface area contributed by atoms with Crippen molar-refractivity contribution in [2.24, 2.45) is 35.5 Å². The highest BCUT2D eigenvalue weighted by molar-refractivity contribution is 5.83. The fourth-order valence-electron chi connectivity index (χ4n) is 12.2. The van der Waals surface area contributed by atoms with Crippen molar-refractivity contribution in [3.8, 4) is 0 Å². The molecule has 6 unspecified atom stereocenters. The van der Waals surface area contributed by atoms with Gasteiger partial charge in [0, 0.05) is 0 Å². The first kappa shape index (κ1) is 42.7. The van der Waals surface area contributed by atoms with Gasteiger partial charge in [-0.25, -0.2) is 0 Å². The average Bonchev–Trinajstić information content (AvgIpc) is 3.32. The van der Waals surface area contributed by atoms with E-state index in [-0.39, 0.29) is 0 Å². The van der Waals surface area contributed by atoms with Crippen LogP contribution < -0.4 is 0 Å². The maximum Gasteiger partial charge on any atom is -0.0184 e. The van der Waals surface area contributed by atoms with E-state index in [1.807, 2.05) is 0 Å². The third-order valence-electron chi connectivity index (χ3n) is 15.5. The lowest BCUT2D eigenvalue weighted by Crippen LogP contribution is -2.23. The van der Waals surface area contributed by atoms with E-state index >= 15 is 0 Å². The topological polar surface area (TPSA) is 0 Å². The molecule has 3 fully saturated rings. The van der Waals surface area contributed by atoms with Gasteiger partial charge in [0.1, 0.15) is 0 Å². The van der Waals surface area contributed by atoms with E-state index in [1.165, 1.54) is 156 Å². The van der Waals surface area contributed by atoms with Gasteiger partial charge in [0.2, 0.25) is 0 Å². The van der Waals surface area contributed by atoms with E-state index in [2.05, 4.69) is 121 Å². The highest BCUT2D eigenvalue weighted by atomic mass is 14.4. The molecule has 7 rings (SSSR count). The van der Waals surface area contributed by atoms with Crippen molar-refractivity contribution in [2.75, 3.05) is 0 Å². The molecule has 0 heteroatoms. The highest BCUT2D eigenvalue weighted by Gasteiger charge is 2.30. The van der Waals surface area contributed by atoms with Crippen LogP contribution in [0.5, 0.6) is 0 Å². The Kier molecular flexibility index (Phi) is 17.7. The Labute approximate surface area is 355 Å². The monoisotopic (exact) mass is 775 g/mol.